The molecule has 1 aromatic rings. The summed E-state index contributed by atoms with van der Waals surface area (Å²) in [6.07, 6.45) is 0.921. The Morgan fingerprint density at radius 3 is 2.00 bits per heavy atom. The zero-order valence-corrected chi connectivity index (χ0v) is 7.49. The first-order chi connectivity index (χ1) is 6.13. The number of nitrogens with zero attached hydrogens (tertiary/aromatic N) is 4. The summed E-state index contributed by atoms with van der Waals surface area (Å²) in [4.78, 5) is 12.5. The highest BCUT2D eigenvalue weighted by Crippen LogP contribution is 2.10. The molecule has 1 heterocycles. The molecule has 1 aromatic heterocycles. The van der Waals surface area contributed by atoms with Crippen molar-refractivity contribution in [2.45, 2.75) is 26.3 Å². The fraction of sp³-hybridized carbons (Fsp3) is 0.571. The minimum atomic E-state index is -0.845. The summed E-state index contributed by atoms with van der Waals surface area (Å²) in [5.41, 5.74) is 0. The topological polar surface area (TPSA) is 82.4 Å². The van der Waals surface area contributed by atoms with E-state index in [1.165, 1.54) is 31.4 Å². The van der Waals surface area contributed by atoms with Gasteiger partial charge in [-0.3, -0.25) is 4.90 Å². The highest BCUT2D eigenvalue weighted by atomic mass is 16.3. The Balaban J connectivity index is 2.89. The number of aromatic nitrogens is 3. The van der Waals surface area contributed by atoms with E-state index in [0.717, 1.165) is 0 Å². The number of rotatable bonds is 3. The van der Waals surface area contributed by atoms with Gasteiger partial charge in [-0.1, -0.05) is 0 Å². The molecule has 1 rings (SSSR count). The lowest BCUT2D eigenvalue weighted by atomic mass is 10.4. The Bertz CT molecular complexity index is 244. The minimum Gasteiger partial charge on any atom is -0.374 e. The fourth-order valence-corrected chi connectivity index (χ4v) is 1.01. The largest absolute Gasteiger partial charge is 0.374 e. The lowest BCUT2D eigenvalue weighted by Crippen LogP contribution is -2.41. The van der Waals surface area contributed by atoms with Crippen molar-refractivity contribution in [3.05, 3.63) is 12.7 Å². The summed E-state index contributed by atoms with van der Waals surface area (Å²) in [5, 5.41) is 18.6. The summed E-state index contributed by atoms with van der Waals surface area (Å²) in [6.45, 7) is 3.05. The Labute approximate surface area is 75.9 Å². The van der Waals surface area contributed by atoms with Crippen LogP contribution in [-0.2, 0) is 0 Å². The lowest BCUT2D eigenvalue weighted by molar-refractivity contribution is 0.102. The molecule has 2 N–H and O–H groups in total. The SMILES string of the molecule is CC(O)N(c1ncncn1)C(C)O. The van der Waals surface area contributed by atoms with Crippen molar-refractivity contribution in [1.29, 1.82) is 0 Å². The van der Waals surface area contributed by atoms with Crippen LogP contribution in [0.1, 0.15) is 13.8 Å². The average Bonchev–Trinajstić information content (AvgIpc) is 2.04. The van der Waals surface area contributed by atoms with Gasteiger partial charge in [0.2, 0.25) is 5.95 Å². The second kappa shape index (κ2) is 4.11. The van der Waals surface area contributed by atoms with Crippen LogP contribution in [0.5, 0.6) is 0 Å². The van der Waals surface area contributed by atoms with Gasteiger partial charge in [0.1, 0.15) is 25.1 Å². The van der Waals surface area contributed by atoms with Crippen LogP contribution in [-0.4, -0.2) is 37.6 Å². The van der Waals surface area contributed by atoms with Crippen molar-refractivity contribution in [1.82, 2.24) is 15.0 Å². The van der Waals surface area contributed by atoms with Crippen LogP contribution < -0.4 is 4.90 Å². The van der Waals surface area contributed by atoms with E-state index in [0.29, 0.717) is 0 Å². The first-order valence-electron chi connectivity index (χ1n) is 3.89. The molecule has 0 spiro atoms. The average molecular weight is 184 g/mol. The van der Waals surface area contributed by atoms with Gasteiger partial charge in [0.15, 0.2) is 0 Å². The number of hydrogen-bond acceptors (Lipinski definition) is 6. The Morgan fingerprint density at radius 1 is 1.15 bits per heavy atom. The molecule has 2 unspecified atom stereocenters. The minimum absolute atomic E-state index is 0.250. The maximum absolute atomic E-state index is 9.30. The van der Waals surface area contributed by atoms with E-state index in [1.807, 2.05) is 0 Å². The second-order valence-corrected chi connectivity index (χ2v) is 2.61. The molecule has 0 aliphatic heterocycles. The number of anilines is 1. The van der Waals surface area contributed by atoms with Crippen molar-refractivity contribution in [3.8, 4) is 0 Å². The molecular formula is C7H12N4O2. The first kappa shape index (κ1) is 9.82. The summed E-state index contributed by atoms with van der Waals surface area (Å²) in [6, 6.07) is 0. The van der Waals surface area contributed by atoms with Crippen LogP contribution in [0.2, 0.25) is 0 Å². The summed E-state index contributed by atoms with van der Waals surface area (Å²) >= 11 is 0. The Morgan fingerprint density at radius 2 is 1.62 bits per heavy atom. The van der Waals surface area contributed by atoms with Crippen LogP contribution >= 0.6 is 0 Å². The van der Waals surface area contributed by atoms with E-state index in [-0.39, 0.29) is 5.95 Å². The van der Waals surface area contributed by atoms with Gasteiger partial charge in [0.25, 0.3) is 0 Å². The normalized spacial score (nSPS) is 15.1. The predicted octanol–water partition coefficient (Wildman–Crippen LogP) is -0.645. The molecule has 0 aromatic carbocycles. The summed E-state index contributed by atoms with van der Waals surface area (Å²) in [7, 11) is 0. The molecule has 0 aliphatic rings. The standard InChI is InChI=1S/C7H12N4O2/c1-5(12)11(6(2)13)7-9-3-8-4-10-7/h3-6,12-13H,1-2H3. The van der Waals surface area contributed by atoms with E-state index in [9.17, 15) is 10.2 Å². The van der Waals surface area contributed by atoms with E-state index >= 15 is 0 Å². The Hall–Kier alpha value is -1.27. The molecule has 6 heteroatoms. The van der Waals surface area contributed by atoms with Crippen LogP contribution in [0.4, 0.5) is 5.95 Å². The highest BCUT2D eigenvalue weighted by molar-refractivity contribution is 5.28. The second-order valence-electron chi connectivity index (χ2n) is 2.61. The van der Waals surface area contributed by atoms with E-state index in [1.54, 1.807) is 0 Å². The van der Waals surface area contributed by atoms with Crippen molar-refractivity contribution in [3.63, 3.8) is 0 Å². The molecule has 0 bridgehead atoms. The summed E-state index contributed by atoms with van der Waals surface area (Å²) < 4.78 is 0. The molecule has 72 valence electrons. The molecule has 0 fully saturated rings. The number of aliphatic hydroxyl groups is 2. The molecule has 0 radical (unpaired) electrons. The van der Waals surface area contributed by atoms with Crippen molar-refractivity contribution < 1.29 is 10.2 Å². The number of hydrogen-bond donors (Lipinski definition) is 2. The summed E-state index contributed by atoms with van der Waals surface area (Å²) in [5.74, 6) is 0.250. The van der Waals surface area contributed by atoms with Crippen molar-refractivity contribution >= 4 is 5.95 Å². The molecule has 13 heavy (non-hydrogen) atoms. The monoisotopic (exact) mass is 184 g/mol. The quantitative estimate of drug-likeness (QED) is 0.608. The van der Waals surface area contributed by atoms with Gasteiger partial charge in [-0.05, 0) is 13.8 Å². The molecule has 0 aliphatic carbocycles. The predicted molar refractivity (Wildman–Crippen MR) is 45.7 cm³/mol. The first-order valence-corrected chi connectivity index (χ1v) is 3.89. The van der Waals surface area contributed by atoms with Crippen LogP contribution in [0.15, 0.2) is 12.7 Å². The lowest BCUT2D eigenvalue weighted by Gasteiger charge is -2.27. The smallest absolute Gasteiger partial charge is 0.232 e. The van der Waals surface area contributed by atoms with E-state index in [2.05, 4.69) is 15.0 Å². The highest BCUT2D eigenvalue weighted by Gasteiger charge is 2.18. The van der Waals surface area contributed by atoms with Gasteiger partial charge in [-0.15, -0.1) is 0 Å². The zero-order valence-electron chi connectivity index (χ0n) is 7.49. The Kier molecular flexibility index (Phi) is 3.10. The van der Waals surface area contributed by atoms with E-state index in [4.69, 9.17) is 0 Å². The molecule has 2 atom stereocenters. The molecule has 0 amide bonds. The molecule has 0 saturated heterocycles. The zero-order chi connectivity index (χ0) is 9.84. The molecule has 0 saturated carbocycles. The van der Waals surface area contributed by atoms with Crippen molar-refractivity contribution in [2.75, 3.05) is 4.90 Å². The van der Waals surface area contributed by atoms with Gasteiger partial charge < -0.3 is 10.2 Å². The third-order valence-corrected chi connectivity index (χ3v) is 1.52. The van der Waals surface area contributed by atoms with Crippen LogP contribution in [0.3, 0.4) is 0 Å². The number of aliphatic hydroxyl groups excluding tert-OH is 2. The molecular weight excluding hydrogens is 172 g/mol. The molecule has 6 nitrogen and oxygen atoms in total. The maximum Gasteiger partial charge on any atom is 0.232 e. The third-order valence-electron chi connectivity index (χ3n) is 1.52. The van der Waals surface area contributed by atoms with Gasteiger partial charge in [0, 0.05) is 0 Å². The van der Waals surface area contributed by atoms with Gasteiger partial charge in [0.05, 0.1) is 0 Å². The van der Waals surface area contributed by atoms with E-state index < -0.39 is 12.5 Å². The fourth-order valence-electron chi connectivity index (χ4n) is 1.01. The van der Waals surface area contributed by atoms with Gasteiger partial charge >= 0.3 is 0 Å². The van der Waals surface area contributed by atoms with Gasteiger partial charge in [-0.25, -0.2) is 15.0 Å². The van der Waals surface area contributed by atoms with Crippen molar-refractivity contribution in [2.24, 2.45) is 0 Å². The van der Waals surface area contributed by atoms with Gasteiger partial charge in [-0.2, -0.15) is 0 Å². The third kappa shape index (κ3) is 2.33. The maximum atomic E-state index is 9.30. The van der Waals surface area contributed by atoms with Crippen LogP contribution in [0, 0.1) is 0 Å². The van der Waals surface area contributed by atoms with Crippen LogP contribution in [0.25, 0.3) is 0 Å².